The summed E-state index contributed by atoms with van der Waals surface area (Å²) in [5.74, 6) is -0.462. The number of nitrogens with zero attached hydrogens (tertiary/aromatic N) is 3. The summed E-state index contributed by atoms with van der Waals surface area (Å²) < 4.78 is 5.18. The number of rotatable bonds is 5. The Kier molecular flexibility index (Phi) is 6.03. The molecule has 0 aliphatic carbocycles. The van der Waals surface area contributed by atoms with Gasteiger partial charge in [0.25, 0.3) is 10.9 Å². The van der Waals surface area contributed by atoms with Crippen molar-refractivity contribution in [2.45, 2.75) is 39.7 Å². The highest BCUT2D eigenvalue weighted by molar-refractivity contribution is 5.79. The summed E-state index contributed by atoms with van der Waals surface area (Å²) in [7, 11) is 0. The summed E-state index contributed by atoms with van der Waals surface area (Å²) in [5.41, 5.74) is 2.61. The Hall–Kier alpha value is -2.83. The molecule has 0 saturated carbocycles. The van der Waals surface area contributed by atoms with E-state index in [0.717, 1.165) is 19.4 Å². The molecule has 0 unspecified atom stereocenters. The zero-order valence-corrected chi connectivity index (χ0v) is 18.6. The first-order chi connectivity index (χ1) is 14.9. The first-order valence-electron chi connectivity index (χ1n) is 11.2. The van der Waals surface area contributed by atoms with E-state index in [4.69, 9.17) is 4.74 Å². The van der Waals surface area contributed by atoms with Crippen molar-refractivity contribution in [2.75, 3.05) is 54.0 Å². The molecule has 4 rings (SSSR count). The summed E-state index contributed by atoms with van der Waals surface area (Å²) in [6.07, 6.45) is 1.56. The Morgan fingerprint density at radius 3 is 2.42 bits per heavy atom. The summed E-state index contributed by atoms with van der Waals surface area (Å²) in [4.78, 5) is 43.6. The van der Waals surface area contributed by atoms with Crippen LogP contribution in [-0.4, -0.2) is 51.3 Å². The van der Waals surface area contributed by atoms with E-state index in [2.05, 4.69) is 47.9 Å². The minimum absolute atomic E-state index is 0.210. The van der Waals surface area contributed by atoms with E-state index in [-0.39, 0.29) is 17.9 Å². The topological polar surface area (TPSA) is 70.2 Å². The van der Waals surface area contributed by atoms with Crippen LogP contribution in [0.2, 0.25) is 0 Å². The van der Waals surface area contributed by atoms with Crippen molar-refractivity contribution in [1.82, 2.24) is 0 Å². The molecule has 2 saturated heterocycles. The molecular weight excluding hydrogens is 394 g/mol. The van der Waals surface area contributed by atoms with Gasteiger partial charge < -0.3 is 19.4 Å². The lowest BCUT2D eigenvalue weighted by Gasteiger charge is -2.44. The molecule has 2 heterocycles. The van der Waals surface area contributed by atoms with E-state index >= 15 is 0 Å². The summed E-state index contributed by atoms with van der Waals surface area (Å²) in [6, 6.07) is 8.65. The fourth-order valence-electron chi connectivity index (χ4n) is 4.94. The number of ether oxygens (including phenoxy) is 1. The number of piperazine rings is 1. The van der Waals surface area contributed by atoms with Crippen molar-refractivity contribution in [1.29, 1.82) is 0 Å². The smallest absolute Gasteiger partial charge is 0.310 e. The number of carbonyl (C=O) groups excluding carboxylic acids is 1. The first kappa shape index (κ1) is 21.4. The van der Waals surface area contributed by atoms with Gasteiger partial charge in [-0.25, -0.2) is 0 Å². The molecule has 31 heavy (non-hydrogen) atoms. The van der Waals surface area contributed by atoms with Crippen LogP contribution in [0.25, 0.3) is 0 Å². The quantitative estimate of drug-likeness (QED) is 0.537. The molecule has 7 heteroatoms. The molecular formula is C24H31N3O4. The lowest BCUT2D eigenvalue weighted by molar-refractivity contribution is -0.148. The van der Waals surface area contributed by atoms with E-state index in [0.29, 0.717) is 44.2 Å². The molecule has 2 aromatic carbocycles. The number of benzene rings is 1. The molecule has 0 radical (unpaired) electrons. The van der Waals surface area contributed by atoms with Crippen molar-refractivity contribution < 1.29 is 9.53 Å². The molecule has 0 aromatic heterocycles. The molecule has 2 aliphatic heterocycles. The Balaban J connectivity index is 1.51. The van der Waals surface area contributed by atoms with Crippen LogP contribution >= 0.6 is 0 Å². The molecule has 2 atom stereocenters. The standard InChI is InChI=1S/C24H31N3O4/c1-4-31-24(30)18-8-6-10-25(15-18)20-21(23(29)22(20)28)26-11-12-27(17(3)14-26)19-9-5-7-16(2)13-19/h5,7,9,13,17-18H,4,6,8,10-12,14-15H2,1-3H3/t17-,18-/m0/s1. The zero-order valence-electron chi connectivity index (χ0n) is 18.6. The van der Waals surface area contributed by atoms with Crippen molar-refractivity contribution in [2.24, 2.45) is 5.92 Å². The predicted molar refractivity (Wildman–Crippen MR) is 123 cm³/mol. The van der Waals surface area contributed by atoms with Gasteiger partial charge in [-0.1, -0.05) is 12.1 Å². The zero-order chi connectivity index (χ0) is 22.1. The Labute approximate surface area is 182 Å². The van der Waals surface area contributed by atoms with Crippen LogP contribution in [0.4, 0.5) is 17.1 Å². The Morgan fingerprint density at radius 2 is 1.77 bits per heavy atom. The highest BCUT2D eigenvalue weighted by atomic mass is 16.5. The molecule has 0 N–H and O–H groups in total. The van der Waals surface area contributed by atoms with Gasteiger partial charge in [0.1, 0.15) is 11.4 Å². The summed E-state index contributed by atoms with van der Waals surface area (Å²) >= 11 is 0. The molecule has 7 nitrogen and oxygen atoms in total. The molecule has 2 fully saturated rings. The van der Waals surface area contributed by atoms with Gasteiger partial charge in [-0.2, -0.15) is 0 Å². The van der Waals surface area contributed by atoms with E-state index < -0.39 is 10.9 Å². The van der Waals surface area contributed by atoms with Gasteiger partial charge in [-0.15, -0.1) is 0 Å². The number of hydrogen-bond acceptors (Lipinski definition) is 7. The van der Waals surface area contributed by atoms with Crippen molar-refractivity contribution in [3.05, 3.63) is 50.3 Å². The predicted octanol–water partition coefficient (Wildman–Crippen LogP) is 2.09. The van der Waals surface area contributed by atoms with Crippen LogP contribution in [0, 0.1) is 12.8 Å². The monoisotopic (exact) mass is 425 g/mol. The number of carbonyl (C=O) groups is 1. The number of anilines is 3. The number of aryl methyl sites for hydroxylation is 1. The van der Waals surface area contributed by atoms with Crippen LogP contribution < -0.4 is 25.6 Å². The first-order valence-corrected chi connectivity index (χ1v) is 11.2. The maximum absolute atomic E-state index is 12.6. The average molecular weight is 426 g/mol. The minimum Gasteiger partial charge on any atom is -0.466 e. The van der Waals surface area contributed by atoms with Crippen molar-refractivity contribution in [3.63, 3.8) is 0 Å². The average Bonchev–Trinajstić information content (AvgIpc) is 2.76. The fourth-order valence-corrected chi connectivity index (χ4v) is 4.94. The molecule has 0 amide bonds. The minimum atomic E-state index is -0.423. The second-order valence-corrected chi connectivity index (χ2v) is 8.72. The highest BCUT2D eigenvalue weighted by Crippen LogP contribution is 2.31. The number of hydrogen-bond donors (Lipinski definition) is 0. The van der Waals surface area contributed by atoms with Gasteiger partial charge >= 0.3 is 5.97 Å². The Bertz CT molecular complexity index is 1030. The Morgan fingerprint density at radius 1 is 1.06 bits per heavy atom. The lowest BCUT2D eigenvalue weighted by Crippen LogP contribution is -2.57. The third kappa shape index (κ3) is 4.05. The van der Waals surface area contributed by atoms with Crippen LogP contribution in [0.1, 0.15) is 32.3 Å². The molecule has 166 valence electrons. The van der Waals surface area contributed by atoms with Crippen LogP contribution in [-0.2, 0) is 9.53 Å². The van der Waals surface area contributed by atoms with Gasteiger partial charge in [0, 0.05) is 44.5 Å². The lowest BCUT2D eigenvalue weighted by atomic mass is 9.96. The van der Waals surface area contributed by atoms with Gasteiger partial charge in [0.05, 0.1) is 12.5 Å². The fraction of sp³-hybridized carbons (Fsp3) is 0.542. The van der Waals surface area contributed by atoms with E-state index in [1.807, 2.05) is 4.90 Å². The van der Waals surface area contributed by atoms with E-state index in [9.17, 15) is 14.4 Å². The molecule has 2 aromatic rings. The van der Waals surface area contributed by atoms with Crippen LogP contribution in [0.15, 0.2) is 33.9 Å². The number of piperidine rings is 1. The normalized spacial score (nSPS) is 22.1. The third-order valence-corrected chi connectivity index (χ3v) is 6.50. The molecule has 0 spiro atoms. The van der Waals surface area contributed by atoms with E-state index in [1.54, 1.807) is 6.92 Å². The SMILES string of the molecule is CCOC(=O)[C@H]1CCCN(c2c(N3CCN(c4cccc(C)c4)[C@@H](C)C3)c(=O)c2=O)C1. The second-order valence-electron chi connectivity index (χ2n) is 8.72. The van der Waals surface area contributed by atoms with Gasteiger partial charge in [0.15, 0.2) is 0 Å². The molecule has 2 aliphatic rings. The highest BCUT2D eigenvalue weighted by Gasteiger charge is 2.36. The van der Waals surface area contributed by atoms with Gasteiger partial charge in [0.2, 0.25) is 0 Å². The van der Waals surface area contributed by atoms with Crippen molar-refractivity contribution >= 4 is 23.0 Å². The maximum Gasteiger partial charge on any atom is 0.310 e. The number of esters is 1. The largest absolute Gasteiger partial charge is 0.466 e. The summed E-state index contributed by atoms with van der Waals surface area (Å²) in [5, 5.41) is 0. The van der Waals surface area contributed by atoms with Gasteiger partial charge in [-0.3, -0.25) is 14.4 Å². The third-order valence-electron chi connectivity index (χ3n) is 6.50. The van der Waals surface area contributed by atoms with Crippen LogP contribution in [0.3, 0.4) is 0 Å². The van der Waals surface area contributed by atoms with Gasteiger partial charge in [-0.05, 0) is 51.3 Å². The summed E-state index contributed by atoms with van der Waals surface area (Å²) in [6.45, 7) is 9.66. The molecule has 0 bridgehead atoms. The second kappa shape index (κ2) is 8.73. The maximum atomic E-state index is 12.6. The van der Waals surface area contributed by atoms with Crippen LogP contribution in [0.5, 0.6) is 0 Å². The van der Waals surface area contributed by atoms with E-state index in [1.165, 1.54) is 11.3 Å². The van der Waals surface area contributed by atoms with Crippen molar-refractivity contribution in [3.8, 4) is 0 Å².